The van der Waals surface area contributed by atoms with Crippen molar-refractivity contribution in [2.75, 3.05) is 13.2 Å². The molecular formula is C22H28ClNO5S. The molecule has 2 aromatic carbocycles. The molecule has 0 aromatic heterocycles. The number of sulfonamides is 1. The van der Waals surface area contributed by atoms with E-state index < -0.39 is 21.6 Å². The molecule has 0 unspecified atom stereocenters. The molecule has 6 nitrogen and oxygen atoms in total. The van der Waals surface area contributed by atoms with E-state index in [1.165, 1.54) is 0 Å². The summed E-state index contributed by atoms with van der Waals surface area (Å²) in [7, 11) is -3.64. The summed E-state index contributed by atoms with van der Waals surface area (Å²) < 4.78 is 38.7. The number of rotatable bonds is 8. The number of hydrogen-bond donors (Lipinski definition) is 1. The summed E-state index contributed by atoms with van der Waals surface area (Å²) in [6, 6.07) is 9.85. The number of halogens is 1. The Balaban J connectivity index is 2.40. The molecule has 0 saturated carbocycles. The highest BCUT2D eigenvalue weighted by Gasteiger charge is 2.20. The van der Waals surface area contributed by atoms with Crippen molar-refractivity contribution in [2.24, 2.45) is 0 Å². The Morgan fingerprint density at radius 1 is 1.10 bits per heavy atom. The molecule has 0 heterocycles. The number of hydrogen-bond acceptors (Lipinski definition) is 5. The van der Waals surface area contributed by atoms with Crippen molar-refractivity contribution in [2.45, 2.75) is 51.5 Å². The van der Waals surface area contributed by atoms with Crippen molar-refractivity contribution >= 4 is 27.6 Å². The average molecular weight is 454 g/mol. The Labute approximate surface area is 183 Å². The Morgan fingerprint density at radius 2 is 1.80 bits per heavy atom. The minimum absolute atomic E-state index is 0.148. The lowest BCUT2D eigenvalue weighted by Crippen LogP contribution is -2.27. The van der Waals surface area contributed by atoms with E-state index in [-0.39, 0.29) is 11.5 Å². The van der Waals surface area contributed by atoms with Crippen LogP contribution in [0.25, 0.3) is 11.1 Å². The van der Waals surface area contributed by atoms with E-state index in [1.807, 2.05) is 13.8 Å². The van der Waals surface area contributed by atoms with Crippen LogP contribution < -0.4 is 9.46 Å². The van der Waals surface area contributed by atoms with Gasteiger partial charge in [0.1, 0.15) is 11.4 Å². The molecule has 0 spiro atoms. The van der Waals surface area contributed by atoms with Crippen LogP contribution in [0, 0.1) is 6.92 Å². The summed E-state index contributed by atoms with van der Waals surface area (Å²) in [6.07, 6.45) is 0.689. The predicted molar refractivity (Wildman–Crippen MR) is 118 cm³/mol. The van der Waals surface area contributed by atoms with E-state index in [0.717, 1.165) is 5.56 Å². The van der Waals surface area contributed by atoms with Crippen LogP contribution in [0.3, 0.4) is 0 Å². The van der Waals surface area contributed by atoms with E-state index in [1.54, 1.807) is 57.2 Å². The fraction of sp³-hybridized carbons (Fsp3) is 0.409. The van der Waals surface area contributed by atoms with Crippen LogP contribution in [0.15, 0.2) is 41.3 Å². The van der Waals surface area contributed by atoms with Gasteiger partial charge >= 0.3 is 5.97 Å². The quantitative estimate of drug-likeness (QED) is 0.584. The molecule has 0 aliphatic heterocycles. The highest BCUT2D eigenvalue weighted by molar-refractivity contribution is 7.89. The molecule has 0 amide bonds. The van der Waals surface area contributed by atoms with Crippen LogP contribution in [0.4, 0.5) is 0 Å². The Bertz CT molecular complexity index is 1010. The number of aryl methyl sites for hydroxylation is 1. The maximum absolute atomic E-state index is 12.6. The molecule has 2 aromatic rings. The van der Waals surface area contributed by atoms with Gasteiger partial charge in [-0.05, 0) is 75.6 Å². The summed E-state index contributed by atoms with van der Waals surface area (Å²) in [5.74, 6) is -0.0929. The van der Waals surface area contributed by atoms with Crippen molar-refractivity contribution in [3.05, 3.63) is 47.0 Å². The van der Waals surface area contributed by atoms with Gasteiger partial charge in [0.2, 0.25) is 10.0 Å². The number of esters is 1. The van der Waals surface area contributed by atoms with Gasteiger partial charge < -0.3 is 9.47 Å². The van der Waals surface area contributed by atoms with Crippen LogP contribution in [0.1, 0.15) is 39.7 Å². The lowest BCUT2D eigenvalue weighted by atomic mass is 10.00. The average Bonchev–Trinajstić information content (AvgIpc) is 2.64. The second kappa shape index (κ2) is 9.81. The second-order valence-electron chi connectivity index (χ2n) is 7.89. The van der Waals surface area contributed by atoms with E-state index >= 15 is 0 Å². The Kier molecular flexibility index (Phi) is 7.91. The molecule has 0 radical (unpaired) electrons. The summed E-state index contributed by atoms with van der Waals surface area (Å²) in [5, 5.41) is 0.464. The summed E-state index contributed by atoms with van der Waals surface area (Å²) in [6.45, 7) is 9.17. The summed E-state index contributed by atoms with van der Waals surface area (Å²) >= 11 is 6.19. The van der Waals surface area contributed by atoms with Crippen molar-refractivity contribution in [3.63, 3.8) is 0 Å². The maximum Gasteiger partial charge on any atom is 0.344 e. The molecule has 164 valence electrons. The molecule has 0 bridgehead atoms. The van der Waals surface area contributed by atoms with Gasteiger partial charge in [-0.1, -0.05) is 24.6 Å². The fourth-order valence-corrected chi connectivity index (χ4v) is 4.06. The van der Waals surface area contributed by atoms with Crippen LogP contribution >= 0.6 is 11.6 Å². The largest absolute Gasteiger partial charge is 0.481 e. The zero-order valence-electron chi connectivity index (χ0n) is 17.9. The van der Waals surface area contributed by atoms with Crippen molar-refractivity contribution < 1.29 is 22.7 Å². The van der Waals surface area contributed by atoms with Gasteiger partial charge in [-0.3, -0.25) is 0 Å². The van der Waals surface area contributed by atoms with E-state index in [0.29, 0.717) is 34.9 Å². The molecule has 0 aliphatic rings. The minimum Gasteiger partial charge on any atom is -0.481 e. The zero-order chi connectivity index (χ0) is 22.5. The van der Waals surface area contributed by atoms with Gasteiger partial charge in [-0.2, -0.15) is 0 Å². The van der Waals surface area contributed by atoms with Crippen LogP contribution in [0.5, 0.6) is 5.75 Å². The summed E-state index contributed by atoms with van der Waals surface area (Å²) in [5.41, 5.74) is 1.47. The number of benzene rings is 2. The van der Waals surface area contributed by atoms with Crippen molar-refractivity contribution in [1.29, 1.82) is 0 Å². The molecule has 8 heteroatoms. The first-order valence-electron chi connectivity index (χ1n) is 9.68. The lowest BCUT2D eigenvalue weighted by molar-refractivity contribution is -0.157. The zero-order valence-corrected chi connectivity index (χ0v) is 19.5. The standard InChI is InChI=1S/C22H28ClNO5S/c1-6-11-24-30(26,27)17-9-7-15(2)18(13-17)19-12-16(23)8-10-20(19)28-14-21(25)29-22(3,4)5/h7-10,12-13,24H,6,11,14H2,1-5H3. The number of carbonyl (C=O) groups excluding carboxylic acids is 1. The molecule has 0 aliphatic carbocycles. The van der Waals surface area contributed by atoms with Crippen LogP contribution in [-0.2, 0) is 19.6 Å². The SMILES string of the molecule is CCCNS(=O)(=O)c1ccc(C)c(-c2cc(Cl)ccc2OCC(=O)OC(C)(C)C)c1. The first kappa shape index (κ1) is 24.2. The highest BCUT2D eigenvalue weighted by atomic mass is 35.5. The van der Waals surface area contributed by atoms with Gasteiger partial charge in [0.25, 0.3) is 0 Å². The topological polar surface area (TPSA) is 81.7 Å². The third kappa shape index (κ3) is 6.72. The van der Waals surface area contributed by atoms with Gasteiger partial charge in [0, 0.05) is 17.1 Å². The lowest BCUT2D eigenvalue weighted by Gasteiger charge is -2.20. The van der Waals surface area contributed by atoms with Gasteiger partial charge in [0.05, 0.1) is 4.90 Å². The molecule has 0 atom stereocenters. The van der Waals surface area contributed by atoms with Gasteiger partial charge in [0.15, 0.2) is 6.61 Å². The molecule has 30 heavy (non-hydrogen) atoms. The van der Waals surface area contributed by atoms with E-state index in [9.17, 15) is 13.2 Å². The van der Waals surface area contributed by atoms with Crippen LogP contribution in [0.2, 0.25) is 5.02 Å². The summed E-state index contributed by atoms with van der Waals surface area (Å²) in [4.78, 5) is 12.2. The maximum atomic E-state index is 12.6. The van der Waals surface area contributed by atoms with Crippen molar-refractivity contribution in [1.82, 2.24) is 4.72 Å². The Morgan fingerprint density at radius 3 is 2.43 bits per heavy atom. The molecule has 2 rings (SSSR count). The van der Waals surface area contributed by atoms with Crippen LogP contribution in [-0.4, -0.2) is 33.1 Å². The Hall–Kier alpha value is -2.09. The normalized spacial score (nSPS) is 11.9. The second-order valence-corrected chi connectivity index (χ2v) is 10.1. The molecule has 0 saturated heterocycles. The molecule has 0 fully saturated rings. The first-order valence-corrected chi connectivity index (χ1v) is 11.5. The van der Waals surface area contributed by atoms with E-state index in [2.05, 4.69) is 4.72 Å². The highest BCUT2D eigenvalue weighted by Crippen LogP contribution is 2.36. The number of carbonyl (C=O) groups is 1. The monoisotopic (exact) mass is 453 g/mol. The number of nitrogens with one attached hydrogen (secondary N) is 1. The van der Waals surface area contributed by atoms with Gasteiger partial charge in [-0.25, -0.2) is 17.9 Å². The third-order valence-electron chi connectivity index (χ3n) is 4.06. The van der Waals surface area contributed by atoms with Gasteiger partial charge in [-0.15, -0.1) is 0 Å². The minimum atomic E-state index is -3.64. The molecular weight excluding hydrogens is 426 g/mol. The smallest absolute Gasteiger partial charge is 0.344 e. The number of ether oxygens (including phenoxy) is 2. The fourth-order valence-electron chi connectivity index (χ4n) is 2.72. The van der Waals surface area contributed by atoms with Crippen molar-refractivity contribution in [3.8, 4) is 16.9 Å². The third-order valence-corrected chi connectivity index (χ3v) is 5.75. The molecule has 1 N–H and O–H groups in total. The van der Waals surface area contributed by atoms with E-state index in [4.69, 9.17) is 21.1 Å². The predicted octanol–water partition coefficient (Wildman–Crippen LogP) is 4.72. The first-order chi connectivity index (χ1) is 13.9.